The molecule has 0 spiro atoms. The SMILES string of the molecule is O=C(c1cn(-c2ccccc2)nc1-c1ccccc1)N1CCCc2ccccc21. The molecule has 1 amide bonds. The second-order valence-electron chi connectivity index (χ2n) is 7.23. The summed E-state index contributed by atoms with van der Waals surface area (Å²) in [6.07, 6.45) is 3.84. The van der Waals surface area contributed by atoms with E-state index in [1.165, 1.54) is 5.56 Å². The minimum Gasteiger partial charge on any atom is -0.308 e. The fourth-order valence-corrected chi connectivity index (χ4v) is 3.94. The van der Waals surface area contributed by atoms with E-state index < -0.39 is 0 Å². The van der Waals surface area contributed by atoms with Crippen LogP contribution in [0.2, 0.25) is 0 Å². The van der Waals surface area contributed by atoms with Crippen LogP contribution < -0.4 is 4.90 Å². The average Bonchev–Trinajstić information content (AvgIpc) is 3.25. The number of amides is 1. The lowest BCUT2D eigenvalue weighted by molar-refractivity contribution is 0.0985. The molecule has 2 heterocycles. The maximum atomic E-state index is 13.7. The van der Waals surface area contributed by atoms with E-state index >= 15 is 0 Å². The molecule has 5 rings (SSSR count). The van der Waals surface area contributed by atoms with E-state index in [1.807, 2.05) is 90.0 Å². The summed E-state index contributed by atoms with van der Waals surface area (Å²) in [6.45, 7) is 0.723. The number of rotatable bonds is 3. The van der Waals surface area contributed by atoms with Gasteiger partial charge in [-0.15, -0.1) is 0 Å². The Kier molecular flexibility index (Phi) is 4.45. The van der Waals surface area contributed by atoms with E-state index in [9.17, 15) is 4.79 Å². The van der Waals surface area contributed by atoms with Gasteiger partial charge in [0, 0.05) is 24.0 Å². The lowest BCUT2D eigenvalue weighted by Crippen LogP contribution is -2.35. The third kappa shape index (κ3) is 3.23. The highest BCUT2D eigenvalue weighted by molar-refractivity contribution is 6.10. The summed E-state index contributed by atoms with van der Waals surface area (Å²) < 4.78 is 1.80. The predicted molar refractivity (Wildman–Crippen MR) is 115 cm³/mol. The topological polar surface area (TPSA) is 38.1 Å². The lowest BCUT2D eigenvalue weighted by Gasteiger charge is -2.29. The predicted octanol–water partition coefficient (Wildman–Crippen LogP) is 5.13. The van der Waals surface area contributed by atoms with Crippen LogP contribution in [0, 0.1) is 0 Å². The van der Waals surface area contributed by atoms with E-state index in [-0.39, 0.29) is 5.91 Å². The van der Waals surface area contributed by atoms with Crippen molar-refractivity contribution in [1.29, 1.82) is 0 Å². The molecule has 1 aliphatic rings. The van der Waals surface area contributed by atoms with E-state index in [2.05, 4.69) is 6.07 Å². The first-order valence-electron chi connectivity index (χ1n) is 9.91. The first-order valence-corrected chi connectivity index (χ1v) is 9.91. The van der Waals surface area contributed by atoms with Crippen molar-refractivity contribution in [3.8, 4) is 16.9 Å². The standard InChI is InChI=1S/C25H21N3O/c29-25(27-17-9-13-19-10-7-8-16-23(19)27)22-18-28(21-14-5-2-6-15-21)26-24(22)20-11-3-1-4-12-20/h1-8,10-12,14-16,18H,9,13,17H2. The van der Waals surface area contributed by atoms with Gasteiger partial charge in [0.25, 0.3) is 5.91 Å². The summed E-state index contributed by atoms with van der Waals surface area (Å²) >= 11 is 0. The number of fused-ring (bicyclic) bond motifs is 1. The molecule has 0 N–H and O–H groups in total. The van der Waals surface area contributed by atoms with Crippen LogP contribution >= 0.6 is 0 Å². The second-order valence-corrected chi connectivity index (χ2v) is 7.23. The number of para-hydroxylation sites is 2. The molecule has 4 heteroatoms. The highest BCUT2D eigenvalue weighted by atomic mass is 16.2. The zero-order valence-electron chi connectivity index (χ0n) is 16.0. The van der Waals surface area contributed by atoms with Gasteiger partial charge in [-0.05, 0) is 36.6 Å². The maximum Gasteiger partial charge on any atom is 0.262 e. The van der Waals surface area contributed by atoms with Gasteiger partial charge in [-0.3, -0.25) is 4.79 Å². The summed E-state index contributed by atoms with van der Waals surface area (Å²) in [6, 6.07) is 28.0. The Bertz CT molecular complexity index is 1150. The molecule has 0 aliphatic carbocycles. The van der Waals surface area contributed by atoms with Crippen molar-refractivity contribution in [2.75, 3.05) is 11.4 Å². The van der Waals surface area contributed by atoms with Gasteiger partial charge in [0.15, 0.2) is 0 Å². The van der Waals surface area contributed by atoms with E-state index in [4.69, 9.17) is 5.10 Å². The molecule has 0 saturated heterocycles. The Balaban J connectivity index is 1.63. The van der Waals surface area contributed by atoms with Gasteiger partial charge in [-0.25, -0.2) is 4.68 Å². The van der Waals surface area contributed by atoms with Gasteiger partial charge in [-0.2, -0.15) is 5.10 Å². The van der Waals surface area contributed by atoms with E-state index in [0.29, 0.717) is 11.3 Å². The van der Waals surface area contributed by atoms with Crippen LogP contribution in [0.5, 0.6) is 0 Å². The third-order valence-corrected chi connectivity index (χ3v) is 5.37. The Morgan fingerprint density at radius 1 is 0.828 bits per heavy atom. The summed E-state index contributed by atoms with van der Waals surface area (Å²) in [4.78, 5) is 15.6. The first kappa shape index (κ1) is 17.4. The lowest BCUT2D eigenvalue weighted by atomic mass is 10.00. The van der Waals surface area contributed by atoms with E-state index in [1.54, 1.807) is 4.68 Å². The molecule has 3 aromatic carbocycles. The number of aryl methyl sites for hydroxylation is 1. The zero-order valence-corrected chi connectivity index (χ0v) is 16.0. The number of benzene rings is 3. The summed E-state index contributed by atoms with van der Waals surface area (Å²) in [5.41, 5.74) is 5.44. The zero-order chi connectivity index (χ0) is 19.6. The van der Waals surface area contributed by atoms with E-state index in [0.717, 1.165) is 36.3 Å². The quantitative estimate of drug-likeness (QED) is 0.495. The molecule has 142 valence electrons. The van der Waals surface area contributed by atoms with Gasteiger partial charge in [0.1, 0.15) is 5.69 Å². The summed E-state index contributed by atoms with van der Waals surface area (Å²) in [7, 11) is 0. The van der Waals surface area contributed by atoms with Gasteiger partial charge < -0.3 is 4.90 Å². The third-order valence-electron chi connectivity index (χ3n) is 5.37. The molecule has 0 radical (unpaired) electrons. The second kappa shape index (κ2) is 7.40. The van der Waals surface area contributed by atoms with Crippen LogP contribution in [-0.2, 0) is 6.42 Å². The smallest absolute Gasteiger partial charge is 0.262 e. The number of carbonyl (C=O) groups is 1. The largest absolute Gasteiger partial charge is 0.308 e. The molecule has 0 bridgehead atoms. The maximum absolute atomic E-state index is 13.7. The Morgan fingerprint density at radius 3 is 2.31 bits per heavy atom. The minimum absolute atomic E-state index is 0.00168. The molecule has 0 saturated carbocycles. The molecule has 4 aromatic rings. The van der Waals surface area contributed by atoms with Crippen molar-refractivity contribution < 1.29 is 4.79 Å². The monoisotopic (exact) mass is 379 g/mol. The number of aromatic nitrogens is 2. The summed E-state index contributed by atoms with van der Waals surface area (Å²) in [5.74, 6) is -0.00168. The normalized spacial score (nSPS) is 13.2. The van der Waals surface area contributed by atoms with Crippen molar-refractivity contribution in [3.63, 3.8) is 0 Å². The van der Waals surface area contributed by atoms with Gasteiger partial charge in [-0.1, -0.05) is 66.7 Å². The number of hydrogen-bond donors (Lipinski definition) is 0. The van der Waals surface area contributed by atoms with Crippen LogP contribution in [0.25, 0.3) is 16.9 Å². The number of nitrogens with zero attached hydrogens (tertiary/aromatic N) is 3. The van der Waals surface area contributed by atoms with Crippen LogP contribution in [0.15, 0.2) is 91.1 Å². The Hall–Kier alpha value is -3.66. The van der Waals surface area contributed by atoms with Crippen LogP contribution in [0.1, 0.15) is 22.3 Å². The molecule has 0 unspecified atom stereocenters. The van der Waals surface area contributed by atoms with Crippen LogP contribution in [-0.4, -0.2) is 22.2 Å². The summed E-state index contributed by atoms with van der Waals surface area (Å²) in [5, 5.41) is 4.79. The molecular formula is C25H21N3O. The fourth-order valence-electron chi connectivity index (χ4n) is 3.94. The molecule has 0 atom stereocenters. The molecular weight excluding hydrogens is 358 g/mol. The number of carbonyl (C=O) groups excluding carboxylic acids is 1. The average molecular weight is 379 g/mol. The van der Waals surface area contributed by atoms with Crippen LogP contribution in [0.3, 0.4) is 0 Å². The molecule has 4 nitrogen and oxygen atoms in total. The van der Waals surface area contributed by atoms with Crippen LogP contribution in [0.4, 0.5) is 5.69 Å². The highest BCUT2D eigenvalue weighted by Crippen LogP contribution is 2.31. The highest BCUT2D eigenvalue weighted by Gasteiger charge is 2.27. The Labute approximate surface area is 170 Å². The molecule has 1 aromatic heterocycles. The van der Waals surface area contributed by atoms with Gasteiger partial charge >= 0.3 is 0 Å². The minimum atomic E-state index is -0.00168. The van der Waals surface area contributed by atoms with Crippen molar-refractivity contribution in [1.82, 2.24) is 9.78 Å². The van der Waals surface area contributed by atoms with Crippen molar-refractivity contribution in [2.24, 2.45) is 0 Å². The molecule has 0 fully saturated rings. The first-order chi connectivity index (χ1) is 14.3. The fraction of sp³-hybridized carbons (Fsp3) is 0.120. The Morgan fingerprint density at radius 2 is 1.52 bits per heavy atom. The van der Waals surface area contributed by atoms with Gasteiger partial charge in [0.05, 0.1) is 11.3 Å². The molecule has 29 heavy (non-hydrogen) atoms. The van der Waals surface area contributed by atoms with Crippen molar-refractivity contribution in [3.05, 3.63) is 102 Å². The van der Waals surface area contributed by atoms with Crippen molar-refractivity contribution in [2.45, 2.75) is 12.8 Å². The number of anilines is 1. The molecule has 1 aliphatic heterocycles. The van der Waals surface area contributed by atoms with Crippen molar-refractivity contribution >= 4 is 11.6 Å². The van der Waals surface area contributed by atoms with Gasteiger partial charge in [0.2, 0.25) is 0 Å². The number of hydrogen-bond acceptors (Lipinski definition) is 2.